The Morgan fingerprint density at radius 1 is 1.12 bits per heavy atom. The number of benzene rings is 2. The van der Waals surface area contributed by atoms with Crippen LogP contribution in [-0.4, -0.2) is 22.8 Å². The predicted molar refractivity (Wildman–Crippen MR) is 97.2 cm³/mol. The number of amides is 1. The molecule has 3 rings (SSSR count). The van der Waals surface area contributed by atoms with Gasteiger partial charge in [0.2, 0.25) is 0 Å². The topological polar surface area (TPSA) is 56.1 Å². The Hall–Kier alpha value is -3.08. The van der Waals surface area contributed by atoms with Crippen LogP contribution in [0.2, 0.25) is 0 Å². The van der Waals surface area contributed by atoms with Crippen LogP contribution in [0.4, 0.5) is 0 Å². The number of nitrogens with one attached hydrogen (secondary N) is 1. The molecule has 5 heteroatoms. The third-order valence-corrected chi connectivity index (χ3v) is 3.99. The Labute approximate surface area is 147 Å². The van der Waals surface area contributed by atoms with E-state index >= 15 is 0 Å². The van der Waals surface area contributed by atoms with E-state index in [-0.39, 0.29) is 5.91 Å². The first-order valence-electron chi connectivity index (χ1n) is 8.12. The van der Waals surface area contributed by atoms with Gasteiger partial charge in [-0.2, -0.15) is 5.10 Å². The van der Waals surface area contributed by atoms with Crippen LogP contribution in [0.1, 0.15) is 27.3 Å². The second-order valence-corrected chi connectivity index (χ2v) is 5.88. The minimum atomic E-state index is -0.130. The highest BCUT2D eigenvalue weighted by atomic mass is 16.5. The number of nitrogens with zero attached hydrogens (tertiary/aromatic N) is 2. The van der Waals surface area contributed by atoms with Crippen molar-refractivity contribution in [1.82, 2.24) is 15.1 Å². The molecule has 1 heterocycles. The van der Waals surface area contributed by atoms with Crippen molar-refractivity contribution < 1.29 is 9.53 Å². The highest BCUT2D eigenvalue weighted by Gasteiger charge is 2.10. The molecule has 0 atom stereocenters. The third-order valence-electron chi connectivity index (χ3n) is 3.99. The number of hydrogen-bond acceptors (Lipinski definition) is 3. The number of rotatable bonds is 5. The molecule has 0 saturated heterocycles. The summed E-state index contributed by atoms with van der Waals surface area (Å²) in [5, 5.41) is 7.41. The van der Waals surface area contributed by atoms with Crippen LogP contribution in [0, 0.1) is 13.8 Å². The first-order chi connectivity index (χ1) is 12.1. The van der Waals surface area contributed by atoms with Gasteiger partial charge in [-0.1, -0.05) is 24.3 Å². The Kier molecular flexibility index (Phi) is 4.84. The second-order valence-electron chi connectivity index (χ2n) is 5.88. The number of carbonyl (C=O) groups excluding carboxylic acids is 1. The molecule has 1 aromatic heterocycles. The molecule has 0 bridgehead atoms. The number of para-hydroxylation sites is 1. The van der Waals surface area contributed by atoms with Crippen LogP contribution in [0.3, 0.4) is 0 Å². The third kappa shape index (κ3) is 3.71. The van der Waals surface area contributed by atoms with Gasteiger partial charge in [0, 0.05) is 23.4 Å². The van der Waals surface area contributed by atoms with Crippen molar-refractivity contribution in [2.45, 2.75) is 20.4 Å². The van der Waals surface area contributed by atoms with Crippen molar-refractivity contribution in [3.8, 4) is 11.4 Å². The first kappa shape index (κ1) is 16.8. The zero-order valence-electron chi connectivity index (χ0n) is 14.6. The Bertz CT molecular complexity index is 899. The molecular weight excluding hydrogens is 314 g/mol. The maximum Gasteiger partial charge on any atom is 0.251 e. The molecule has 0 radical (unpaired) electrons. The second kappa shape index (κ2) is 7.21. The van der Waals surface area contributed by atoms with Crippen molar-refractivity contribution in [3.63, 3.8) is 0 Å². The molecule has 0 fully saturated rings. The summed E-state index contributed by atoms with van der Waals surface area (Å²) < 4.78 is 7.15. The van der Waals surface area contributed by atoms with Crippen LogP contribution in [-0.2, 0) is 6.54 Å². The van der Waals surface area contributed by atoms with Gasteiger partial charge in [0.15, 0.2) is 0 Å². The van der Waals surface area contributed by atoms with Gasteiger partial charge in [0.05, 0.1) is 18.5 Å². The average Bonchev–Trinajstić information content (AvgIpc) is 2.98. The summed E-state index contributed by atoms with van der Waals surface area (Å²) in [4.78, 5) is 12.5. The van der Waals surface area contributed by atoms with Crippen molar-refractivity contribution in [2.75, 3.05) is 7.11 Å². The van der Waals surface area contributed by atoms with E-state index in [1.807, 2.05) is 67.1 Å². The van der Waals surface area contributed by atoms with Crippen molar-refractivity contribution >= 4 is 5.91 Å². The Morgan fingerprint density at radius 2 is 1.92 bits per heavy atom. The van der Waals surface area contributed by atoms with Crippen LogP contribution in [0.25, 0.3) is 5.69 Å². The molecule has 1 N–H and O–H groups in total. The fourth-order valence-corrected chi connectivity index (χ4v) is 2.80. The maximum absolute atomic E-state index is 12.5. The fourth-order valence-electron chi connectivity index (χ4n) is 2.80. The lowest BCUT2D eigenvalue weighted by atomic mass is 10.1. The fraction of sp³-hybridized carbons (Fsp3) is 0.200. The molecule has 0 unspecified atom stereocenters. The van der Waals surface area contributed by atoms with Crippen LogP contribution >= 0.6 is 0 Å². The average molecular weight is 335 g/mol. The lowest BCUT2D eigenvalue weighted by Gasteiger charge is -2.10. The van der Waals surface area contributed by atoms with E-state index in [1.54, 1.807) is 13.2 Å². The minimum Gasteiger partial charge on any atom is -0.496 e. The van der Waals surface area contributed by atoms with E-state index in [0.29, 0.717) is 12.1 Å². The SMILES string of the molecule is COc1ccccc1CNC(=O)c1cccc(-n2nc(C)cc2C)c1. The first-order valence-corrected chi connectivity index (χ1v) is 8.12. The van der Waals surface area contributed by atoms with E-state index in [4.69, 9.17) is 4.74 Å². The molecule has 0 aliphatic rings. The summed E-state index contributed by atoms with van der Waals surface area (Å²) in [6.45, 7) is 4.36. The largest absolute Gasteiger partial charge is 0.496 e. The van der Waals surface area contributed by atoms with Gasteiger partial charge in [-0.25, -0.2) is 4.68 Å². The molecule has 0 aliphatic carbocycles. The van der Waals surface area contributed by atoms with E-state index in [2.05, 4.69) is 10.4 Å². The Morgan fingerprint density at radius 3 is 2.64 bits per heavy atom. The van der Waals surface area contributed by atoms with Crippen molar-refractivity contribution in [1.29, 1.82) is 0 Å². The summed E-state index contributed by atoms with van der Waals surface area (Å²) in [6.07, 6.45) is 0. The van der Waals surface area contributed by atoms with Crippen LogP contribution in [0.15, 0.2) is 54.6 Å². The smallest absolute Gasteiger partial charge is 0.251 e. The van der Waals surface area contributed by atoms with Crippen molar-refractivity contribution in [3.05, 3.63) is 77.1 Å². The summed E-state index contributed by atoms with van der Waals surface area (Å²) in [5.74, 6) is 0.633. The number of aromatic nitrogens is 2. The van der Waals surface area contributed by atoms with Crippen molar-refractivity contribution in [2.24, 2.45) is 0 Å². The van der Waals surface area contributed by atoms with E-state index < -0.39 is 0 Å². The molecule has 25 heavy (non-hydrogen) atoms. The lowest BCUT2D eigenvalue weighted by molar-refractivity contribution is 0.0950. The molecule has 3 aromatic rings. The van der Waals surface area contributed by atoms with Gasteiger partial charge in [0.1, 0.15) is 5.75 Å². The van der Waals surface area contributed by atoms with E-state index in [1.165, 1.54) is 0 Å². The molecule has 1 amide bonds. The number of hydrogen-bond donors (Lipinski definition) is 1. The lowest BCUT2D eigenvalue weighted by Crippen LogP contribution is -2.23. The molecule has 0 saturated carbocycles. The molecular formula is C20H21N3O2. The van der Waals surface area contributed by atoms with Gasteiger partial charge in [-0.05, 0) is 44.2 Å². The van der Waals surface area contributed by atoms with Gasteiger partial charge >= 0.3 is 0 Å². The Balaban J connectivity index is 1.77. The summed E-state index contributed by atoms with van der Waals surface area (Å²) in [7, 11) is 1.62. The van der Waals surface area contributed by atoms with Crippen LogP contribution in [0.5, 0.6) is 5.75 Å². The quantitative estimate of drug-likeness (QED) is 0.777. The highest BCUT2D eigenvalue weighted by Crippen LogP contribution is 2.17. The van der Waals surface area contributed by atoms with Gasteiger partial charge in [-0.3, -0.25) is 4.79 Å². The van der Waals surface area contributed by atoms with E-state index in [0.717, 1.165) is 28.4 Å². The molecule has 0 aliphatic heterocycles. The number of methoxy groups -OCH3 is 1. The zero-order valence-corrected chi connectivity index (χ0v) is 14.6. The summed E-state index contributed by atoms with van der Waals surface area (Å²) in [6, 6.07) is 17.1. The van der Waals surface area contributed by atoms with Gasteiger partial charge < -0.3 is 10.1 Å². The zero-order chi connectivity index (χ0) is 17.8. The van der Waals surface area contributed by atoms with E-state index in [9.17, 15) is 4.79 Å². The van der Waals surface area contributed by atoms with Gasteiger partial charge in [-0.15, -0.1) is 0 Å². The van der Waals surface area contributed by atoms with Gasteiger partial charge in [0.25, 0.3) is 5.91 Å². The monoisotopic (exact) mass is 335 g/mol. The normalized spacial score (nSPS) is 10.5. The minimum absolute atomic E-state index is 0.130. The predicted octanol–water partition coefficient (Wildman–Crippen LogP) is 3.43. The standard InChI is InChI=1S/C20H21N3O2/c1-14-11-15(2)23(22-14)18-9-6-8-16(12-18)20(24)21-13-17-7-4-5-10-19(17)25-3/h4-12H,13H2,1-3H3,(H,21,24). The summed E-state index contributed by atoms with van der Waals surface area (Å²) >= 11 is 0. The molecule has 0 spiro atoms. The maximum atomic E-state index is 12.5. The molecule has 128 valence electrons. The highest BCUT2D eigenvalue weighted by molar-refractivity contribution is 5.94. The number of carbonyl (C=O) groups is 1. The molecule has 2 aromatic carbocycles. The molecule has 5 nitrogen and oxygen atoms in total. The number of ether oxygens (including phenoxy) is 1. The van der Waals surface area contributed by atoms with Crippen LogP contribution < -0.4 is 10.1 Å². The number of aryl methyl sites for hydroxylation is 2. The summed E-state index contributed by atoms with van der Waals surface area (Å²) in [5.41, 5.74) is 4.39.